The van der Waals surface area contributed by atoms with Crippen molar-refractivity contribution in [3.63, 3.8) is 0 Å². The van der Waals surface area contributed by atoms with Crippen LogP contribution >= 0.6 is 0 Å². The highest BCUT2D eigenvalue weighted by molar-refractivity contribution is 5.84. The first-order chi connectivity index (χ1) is 8.71. The molecule has 6 heteroatoms. The van der Waals surface area contributed by atoms with E-state index in [1.54, 1.807) is 0 Å². The summed E-state index contributed by atoms with van der Waals surface area (Å²) in [5.74, 6) is -0.242. The van der Waals surface area contributed by atoms with E-state index in [0.717, 1.165) is 32.1 Å². The molecule has 1 aliphatic rings. The van der Waals surface area contributed by atoms with Crippen LogP contribution in [-0.2, 0) is 4.79 Å². The highest BCUT2D eigenvalue weighted by Gasteiger charge is 2.35. The van der Waals surface area contributed by atoms with Gasteiger partial charge in [0.2, 0.25) is 5.91 Å². The van der Waals surface area contributed by atoms with E-state index in [2.05, 4.69) is 15.3 Å². The number of carbonyl (C=O) groups excluding carboxylic acids is 1. The van der Waals surface area contributed by atoms with E-state index in [1.807, 2.05) is 0 Å². The zero-order valence-electron chi connectivity index (χ0n) is 10.9. The molecule has 18 heavy (non-hydrogen) atoms. The highest BCUT2D eigenvalue weighted by atomic mass is 16.1. The lowest BCUT2D eigenvalue weighted by atomic mass is 9.83. The molecule has 1 saturated carbocycles. The molecule has 102 valence electrons. The van der Waals surface area contributed by atoms with E-state index in [-0.39, 0.29) is 5.91 Å². The molecule has 0 spiro atoms. The molecule has 0 unspecified atom stereocenters. The van der Waals surface area contributed by atoms with Gasteiger partial charge < -0.3 is 11.1 Å². The standard InChI is InChI=1S/C12H23N5O/c13-11(18)12(15-9-6-10-16-17-14)7-4-2-1-3-5-8-12/h15H,1-10H2,(H2,13,18). The molecule has 0 aromatic rings. The SMILES string of the molecule is [N-]=[N+]=NCCCNC1(C(N)=O)CCCCCCC1. The molecule has 0 aliphatic heterocycles. The smallest absolute Gasteiger partial charge is 0.237 e. The number of rotatable bonds is 6. The van der Waals surface area contributed by atoms with Crippen molar-refractivity contribution in [1.82, 2.24) is 5.32 Å². The van der Waals surface area contributed by atoms with Gasteiger partial charge in [0.25, 0.3) is 0 Å². The third kappa shape index (κ3) is 4.55. The molecule has 3 N–H and O–H groups in total. The summed E-state index contributed by atoms with van der Waals surface area (Å²) in [6.45, 7) is 1.13. The number of hydrogen-bond donors (Lipinski definition) is 2. The van der Waals surface area contributed by atoms with Gasteiger partial charge >= 0.3 is 0 Å². The molecule has 1 rings (SSSR count). The molecule has 0 bridgehead atoms. The Bertz CT molecular complexity index is 304. The van der Waals surface area contributed by atoms with Crippen molar-refractivity contribution < 1.29 is 4.79 Å². The number of nitrogens with two attached hydrogens (primary N) is 1. The van der Waals surface area contributed by atoms with Gasteiger partial charge in [0.15, 0.2) is 0 Å². The van der Waals surface area contributed by atoms with Gasteiger partial charge in [0.05, 0.1) is 5.54 Å². The van der Waals surface area contributed by atoms with E-state index in [0.29, 0.717) is 13.1 Å². The Morgan fingerprint density at radius 3 is 2.44 bits per heavy atom. The number of azide groups is 1. The molecule has 0 atom stereocenters. The lowest BCUT2D eigenvalue weighted by Crippen LogP contribution is -2.56. The molecule has 0 aromatic carbocycles. The van der Waals surface area contributed by atoms with Gasteiger partial charge in [0, 0.05) is 11.5 Å². The topological polar surface area (TPSA) is 104 Å². The lowest BCUT2D eigenvalue weighted by molar-refractivity contribution is -0.125. The molecule has 0 heterocycles. The highest BCUT2D eigenvalue weighted by Crippen LogP contribution is 2.26. The van der Waals surface area contributed by atoms with Gasteiger partial charge in [-0.25, -0.2) is 0 Å². The summed E-state index contributed by atoms with van der Waals surface area (Å²) in [4.78, 5) is 14.4. The summed E-state index contributed by atoms with van der Waals surface area (Å²) in [6.07, 6.45) is 8.09. The number of hydrogen-bond acceptors (Lipinski definition) is 3. The lowest BCUT2D eigenvalue weighted by Gasteiger charge is -2.33. The van der Waals surface area contributed by atoms with E-state index < -0.39 is 5.54 Å². The molecular weight excluding hydrogens is 230 g/mol. The fraction of sp³-hybridized carbons (Fsp3) is 0.917. The molecule has 6 nitrogen and oxygen atoms in total. The molecular formula is C12H23N5O. The number of amides is 1. The second-order valence-electron chi connectivity index (χ2n) is 4.95. The minimum Gasteiger partial charge on any atom is -0.368 e. The average Bonchev–Trinajstić information content (AvgIpc) is 2.31. The van der Waals surface area contributed by atoms with Crippen molar-refractivity contribution in [2.45, 2.75) is 56.9 Å². The van der Waals surface area contributed by atoms with Crippen LogP contribution in [0.15, 0.2) is 5.11 Å². The summed E-state index contributed by atoms with van der Waals surface area (Å²) in [7, 11) is 0. The molecule has 0 radical (unpaired) electrons. The summed E-state index contributed by atoms with van der Waals surface area (Å²) >= 11 is 0. The Kier molecular flexibility index (Phi) is 6.54. The first kappa shape index (κ1) is 14.8. The Morgan fingerprint density at radius 2 is 1.89 bits per heavy atom. The van der Waals surface area contributed by atoms with Crippen molar-refractivity contribution in [2.24, 2.45) is 10.8 Å². The molecule has 1 aliphatic carbocycles. The van der Waals surface area contributed by atoms with Crippen molar-refractivity contribution in [2.75, 3.05) is 13.1 Å². The Hall–Kier alpha value is -1.26. The predicted octanol–water partition coefficient (Wildman–Crippen LogP) is 2.24. The van der Waals surface area contributed by atoms with Gasteiger partial charge in [-0.15, -0.1) is 0 Å². The average molecular weight is 253 g/mol. The molecule has 1 fully saturated rings. The summed E-state index contributed by atoms with van der Waals surface area (Å²) < 4.78 is 0. The Balaban J connectivity index is 2.49. The van der Waals surface area contributed by atoms with E-state index in [9.17, 15) is 4.79 Å². The van der Waals surface area contributed by atoms with Crippen LogP contribution in [0.2, 0.25) is 0 Å². The normalized spacial score (nSPS) is 19.3. The third-order valence-corrected chi connectivity index (χ3v) is 3.64. The van der Waals surface area contributed by atoms with E-state index in [4.69, 9.17) is 11.3 Å². The number of primary amides is 1. The van der Waals surface area contributed by atoms with Crippen LogP contribution in [0.25, 0.3) is 10.4 Å². The van der Waals surface area contributed by atoms with Crippen LogP contribution in [0.4, 0.5) is 0 Å². The predicted molar refractivity (Wildman–Crippen MR) is 70.9 cm³/mol. The fourth-order valence-electron chi connectivity index (χ4n) is 2.54. The fourth-order valence-corrected chi connectivity index (χ4v) is 2.54. The van der Waals surface area contributed by atoms with Crippen LogP contribution < -0.4 is 11.1 Å². The number of carbonyl (C=O) groups is 1. The zero-order chi connectivity index (χ0) is 13.3. The van der Waals surface area contributed by atoms with Crippen molar-refractivity contribution >= 4 is 5.91 Å². The van der Waals surface area contributed by atoms with Gasteiger partial charge in [-0.1, -0.05) is 37.2 Å². The van der Waals surface area contributed by atoms with E-state index in [1.165, 1.54) is 19.3 Å². The van der Waals surface area contributed by atoms with Crippen molar-refractivity contribution in [3.8, 4) is 0 Å². The summed E-state index contributed by atoms with van der Waals surface area (Å²) in [5.41, 5.74) is 13.2. The zero-order valence-corrected chi connectivity index (χ0v) is 10.9. The first-order valence-corrected chi connectivity index (χ1v) is 6.77. The van der Waals surface area contributed by atoms with Gasteiger partial charge in [-0.2, -0.15) is 0 Å². The largest absolute Gasteiger partial charge is 0.368 e. The van der Waals surface area contributed by atoms with Gasteiger partial charge in [0.1, 0.15) is 0 Å². The van der Waals surface area contributed by atoms with Gasteiger partial charge in [-0.3, -0.25) is 4.79 Å². The third-order valence-electron chi connectivity index (χ3n) is 3.64. The minimum absolute atomic E-state index is 0.242. The van der Waals surface area contributed by atoms with Crippen LogP contribution in [0.3, 0.4) is 0 Å². The maximum atomic E-state index is 11.7. The maximum Gasteiger partial charge on any atom is 0.237 e. The molecule has 0 aromatic heterocycles. The van der Waals surface area contributed by atoms with Crippen LogP contribution in [0, 0.1) is 0 Å². The monoisotopic (exact) mass is 253 g/mol. The molecule has 0 saturated heterocycles. The van der Waals surface area contributed by atoms with Crippen LogP contribution in [0.5, 0.6) is 0 Å². The Morgan fingerprint density at radius 1 is 1.28 bits per heavy atom. The van der Waals surface area contributed by atoms with Crippen LogP contribution in [0.1, 0.15) is 51.4 Å². The Labute approximate surface area is 108 Å². The molecule has 1 amide bonds. The second kappa shape index (κ2) is 7.95. The maximum absolute atomic E-state index is 11.7. The summed E-state index contributed by atoms with van der Waals surface area (Å²) in [5, 5.41) is 6.78. The second-order valence-corrected chi connectivity index (χ2v) is 4.95. The number of nitrogens with zero attached hydrogens (tertiary/aromatic N) is 3. The van der Waals surface area contributed by atoms with Crippen molar-refractivity contribution in [3.05, 3.63) is 10.4 Å². The minimum atomic E-state index is -0.545. The quantitative estimate of drug-likeness (QED) is 0.328. The number of nitrogens with one attached hydrogen (secondary N) is 1. The first-order valence-electron chi connectivity index (χ1n) is 6.77. The van der Waals surface area contributed by atoms with Crippen LogP contribution in [-0.4, -0.2) is 24.5 Å². The van der Waals surface area contributed by atoms with E-state index >= 15 is 0 Å². The summed E-state index contributed by atoms with van der Waals surface area (Å²) in [6, 6.07) is 0. The van der Waals surface area contributed by atoms with Crippen molar-refractivity contribution in [1.29, 1.82) is 0 Å². The van der Waals surface area contributed by atoms with Gasteiger partial charge in [-0.05, 0) is 31.3 Å².